The zero-order valence-electron chi connectivity index (χ0n) is 19.3. The topological polar surface area (TPSA) is 86.3 Å². The molecular formula is C24H34ClNO6. The Kier molecular flexibility index (Phi) is 11.9. The van der Waals surface area contributed by atoms with Gasteiger partial charge in [-0.1, -0.05) is 26.0 Å². The zero-order chi connectivity index (χ0) is 22.8. The molecular weight excluding hydrogens is 434 g/mol. The molecule has 8 heteroatoms. The first-order chi connectivity index (χ1) is 14.9. The van der Waals surface area contributed by atoms with Crippen molar-refractivity contribution in [1.82, 2.24) is 5.32 Å². The summed E-state index contributed by atoms with van der Waals surface area (Å²) in [5, 5.41) is 13.2. The van der Waals surface area contributed by atoms with E-state index in [9.17, 15) is 9.90 Å². The van der Waals surface area contributed by atoms with Crippen LogP contribution in [0.25, 0.3) is 0 Å². The number of halogens is 1. The van der Waals surface area contributed by atoms with Crippen LogP contribution in [0.2, 0.25) is 0 Å². The summed E-state index contributed by atoms with van der Waals surface area (Å²) in [7, 11) is 4.57. The van der Waals surface area contributed by atoms with Crippen LogP contribution in [-0.2, 0) is 6.42 Å². The predicted molar refractivity (Wildman–Crippen MR) is 127 cm³/mol. The van der Waals surface area contributed by atoms with Gasteiger partial charge >= 0.3 is 0 Å². The van der Waals surface area contributed by atoms with Crippen molar-refractivity contribution in [3.8, 4) is 23.0 Å². The van der Waals surface area contributed by atoms with Gasteiger partial charge in [0, 0.05) is 24.6 Å². The molecule has 0 saturated heterocycles. The average Bonchev–Trinajstić information content (AvgIpc) is 2.78. The van der Waals surface area contributed by atoms with Crippen LogP contribution in [0.4, 0.5) is 0 Å². The maximum absolute atomic E-state index is 12.8. The van der Waals surface area contributed by atoms with Crippen molar-refractivity contribution in [2.75, 3.05) is 34.5 Å². The molecule has 7 nitrogen and oxygen atoms in total. The van der Waals surface area contributed by atoms with Crippen LogP contribution in [0, 0.1) is 0 Å². The molecule has 0 spiro atoms. The third kappa shape index (κ3) is 8.22. The number of carbonyl (C=O) groups is 1. The van der Waals surface area contributed by atoms with Crippen molar-refractivity contribution >= 4 is 18.2 Å². The maximum Gasteiger partial charge on any atom is 0.203 e. The number of benzene rings is 2. The third-order valence-electron chi connectivity index (χ3n) is 4.73. The van der Waals surface area contributed by atoms with Crippen molar-refractivity contribution < 1.29 is 28.8 Å². The van der Waals surface area contributed by atoms with E-state index in [4.69, 9.17) is 18.9 Å². The number of rotatable bonds is 13. The molecule has 2 aromatic rings. The maximum atomic E-state index is 12.8. The second kappa shape index (κ2) is 13.8. The summed E-state index contributed by atoms with van der Waals surface area (Å²) < 4.78 is 21.7. The molecule has 2 N–H and O–H groups in total. The smallest absolute Gasteiger partial charge is 0.203 e. The number of methoxy groups -OCH3 is 3. The van der Waals surface area contributed by atoms with Crippen LogP contribution in [-0.4, -0.2) is 57.5 Å². The van der Waals surface area contributed by atoms with Crippen LogP contribution in [0.5, 0.6) is 23.0 Å². The summed E-state index contributed by atoms with van der Waals surface area (Å²) in [6.45, 7) is 4.72. The Hall–Kier alpha value is -2.48. The average molecular weight is 468 g/mol. The Morgan fingerprint density at radius 2 is 1.69 bits per heavy atom. The second-order valence-electron chi connectivity index (χ2n) is 7.51. The summed E-state index contributed by atoms with van der Waals surface area (Å²) in [5.74, 6) is 2.00. The molecule has 2 rings (SSSR count). The van der Waals surface area contributed by atoms with Crippen LogP contribution in [0.1, 0.15) is 36.2 Å². The molecule has 0 aromatic heterocycles. The Morgan fingerprint density at radius 3 is 2.25 bits per heavy atom. The number of aliphatic hydroxyl groups is 1. The SMILES string of the molecule is COc1cc(C(=O)CCc2cccc(OCC(O)CNC(C)C)c2)cc(OC)c1OC.Cl. The number of hydrogen-bond acceptors (Lipinski definition) is 7. The summed E-state index contributed by atoms with van der Waals surface area (Å²) in [6, 6.07) is 11.2. The highest BCUT2D eigenvalue weighted by molar-refractivity contribution is 5.97. The van der Waals surface area contributed by atoms with Gasteiger partial charge in [-0.05, 0) is 36.2 Å². The van der Waals surface area contributed by atoms with Gasteiger partial charge in [0.25, 0.3) is 0 Å². The first-order valence-corrected chi connectivity index (χ1v) is 10.3. The molecule has 0 radical (unpaired) electrons. The minimum Gasteiger partial charge on any atom is -0.493 e. The van der Waals surface area contributed by atoms with Gasteiger partial charge in [0.2, 0.25) is 5.75 Å². The molecule has 32 heavy (non-hydrogen) atoms. The molecule has 0 bridgehead atoms. The van der Waals surface area contributed by atoms with E-state index in [2.05, 4.69) is 5.32 Å². The van der Waals surface area contributed by atoms with Gasteiger partial charge in [-0.2, -0.15) is 0 Å². The Labute approximate surface area is 196 Å². The molecule has 0 saturated carbocycles. The summed E-state index contributed by atoms with van der Waals surface area (Å²) >= 11 is 0. The number of hydrogen-bond donors (Lipinski definition) is 2. The normalized spacial score (nSPS) is 11.5. The van der Waals surface area contributed by atoms with Crippen LogP contribution in [0.3, 0.4) is 0 Å². The predicted octanol–water partition coefficient (Wildman–Crippen LogP) is 3.69. The first kappa shape index (κ1) is 27.6. The quantitative estimate of drug-likeness (QED) is 0.434. The fourth-order valence-corrected chi connectivity index (χ4v) is 3.06. The van der Waals surface area contributed by atoms with Crippen LogP contribution >= 0.6 is 12.4 Å². The second-order valence-corrected chi connectivity index (χ2v) is 7.51. The van der Waals surface area contributed by atoms with Gasteiger partial charge in [0.1, 0.15) is 18.5 Å². The van der Waals surface area contributed by atoms with Crippen molar-refractivity contribution in [1.29, 1.82) is 0 Å². The monoisotopic (exact) mass is 467 g/mol. The highest BCUT2D eigenvalue weighted by atomic mass is 35.5. The third-order valence-corrected chi connectivity index (χ3v) is 4.73. The van der Waals surface area contributed by atoms with E-state index in [-0.39, 0.29) is 24.8 Å². The standard InChI is InChI=1S/C24H33NO6.ClH/c1-16(2)25-14-19(26)15-31-20-8-6-7-17(11-20)9-10-21(27)18-12-22(28-3)24(30-5)23(13-18)29-4;/h6-8,11-13,16,19,25-26H,9-10,14-15H2,1-5H3;1H. The van der Waals surface area contributed by atoms with E-state index >= 15 is 0 Å². The molecule has 0 aliphatic rings. The van der Waals surface area contributed by atoms with Gasteiger partial charge < -0.3 is 29.4 Å². The Balaban J connectivity index is 0.00000512. The number of aliphatic hydroxyl groups excluding tert-OH is 1. The zero-order valence-corrected chi connectivity index (χ0v) is 20.2. The molecule has 178 valence electrons. The lowest BCUT2D eigenvalue weighted by Gasteiger charge is -2.15. The van der Waals surface area contributed by atoms with E-state index < -0.39 is 6.10 Å². The number of ketones is 1. The van der Waals surface area contributed by atoms with E-state index in [0.717, 1.165) is 5.56 Å². The van der Waals surface area contributed by atoms with Gasteiger partial charge in [-0.15, -0.1) is 12.4 Å². The number of carbonyl (C=O) groups excluding carboxylic acids is 1. The van der Waals surface area contributed by atoms with Crippen LogP contribution in [0.15, 0.2) is 36.4 Å². The molecule has 0 aliphatic heterocycles. The van der Waals surface area contributed by atoms with Gasteiger partial charge in [0.05, 0.1) is 21.3 Å². The van der Waals surface area contributed by atoms with Gasteiger partial charge in [-0.25, -0.2) is 0 Å². The van der Waals surface area contributed by atoms with E-state index in [1.54, 1.807) is 12.1 Å². The summed E-state index contributed by atoms with van der Waals surface area (Å²) in [5.41, 5.74) is 1.48. The molecule has 0 amide bonds. The number of nitrogens with one attached hydrogen (secondary N) is 1. The van der Waals surface area contributed by atoms with Gasteiger partial charge in [-0.3, -0.25) is 4.79 Å². The van der Waals surface area contributed by atoms with Crippen molar-refractivity contribution in [3.63, 3.8) is 0 Å². The Bertz CT molecular complexity index is 833. The first-order valence-electron chi connectivity index (χ1n) is 10.3. The number of aryl methyl sites for hydroxylation is 1. The van der Waals surface area contributed by atoms with E-state index in [0.29, 0.717) is 54.0 Å². The lowest BCUT2D eigenvalue weighted by atomic mass is 10.0. The molecule has 2 aromatic carbocycles. The molecule has 0 heterocycles. The fraction of sp³-hybridized carbons (Fsp3) is 0.458. The highest BCUT2D eigenvalue weighted by Crippen LogP contribution is 2.38. The minimum atomic E-state index is -0.590. The lowest BCUT2D eigenvalue weighted by molar-refractivity contribution is 0.0982. The molecule has 1 unspecified atom stereocenters. The molecule has 0 fully saturated rings. The molecule has 0 aliphatic carbocycles. The van der Waals surface area contributed by atoms with Crippen LogP contribution < -0.4 is 24.3 Å². The minimum absolute atomic E-state index is 0. The summed E-state index contributed by atoms with van der Waals surface area (Å²) in [4.78, 5) is 12.8. The fourth-order valence-electron chi connectivity index (χ4n) is 3.06. The number of ether oxygens (including phenoxy) is 4. The summed E-state index contributed by atoms with van der Waals surface area (Å²) in [6.07, 6.45) is 0.292. The lowest BCUT2D eigenvalue weighted by Crippen LogP contribution is -2.35. The van der Waals surface area contributed by atoms with E-state index in [1.165, 1.54) is 21.3 Å². The Morgan fingerprint density at radius 1 is 1.03 bits per heavy atom. The van der Waals surface area contributed by atoms with Crippen molar-refractivity contribution in [2.24, 2.45) is 0 Å². The highest BCUT2D eigenvalue weighted by Gasteiger charge is 2.17. The van der Waals surface area contributed by atoms with Gasteiger partial charge in [0.15, 0.2) is 17.3 Å². The molecule has 1 atom stereocenters. The van der Waals surface area contributed by atoms with E-state index in [1.807, 2.05) is 38.1 Å². The number of Topliss-reactive ketones (excluding diaryl/α,β-unsaturated/α-hetero) is 1. The largest absolute Gasteiger partial charge is 0.493 e. The van der Waals surface area contributed by atoms with Crippen molar-refractivity contribution in [2.45, 2.75) is 38.8 Å². The van der Waals surface area contributed by atoms with Crippen molar-refractivity contribution in [3.05, 3.63) is 47.5 Å².